The van der Waals surface area contributed by atoms with Crippen molar-refractivity contribution in [2.24, 2.45) is 23.7 Å². The molecule has 29 heavy (non-hydrogen) atoms. The molecule has 0 nitrogen and oxygen atoms in total. The first-order chi connectivity index (χ1) is 14.0. The molecule has 3 aliphatic carbocycles. The Balaban J connectivity index is 1.27. The summed E-state index contributed by atoms with van der Waals surface area (Å²) >= 11 is 0. The van der Waals surface area contributed by atoms with Crippen molar-refractivity contribution in [1.82, 2.24) is 0 Å². The minimum Gasteiger partial charge on any atom is -0.206 e. The molecule has 3 saturated carbocycles. The Hall–Kier alpha value is -0.920. The Bertz CT molecular complexity index is 633. The van der Waals surface area contributed by atoms with Crippen molar-refractivity contribution in [3.8, 4) is 0 Å². The second-order valence-electron chi connectivity index (χ2n) is 10.4. The van der Waals surface area contributed by atoms with Gasteiger partial charge in [0.25, 0.3) is 5.92 Å². The molecule has 2 atom stereocenters. The van der Waals surface area contributed by atoms with E-state index in [2.05, 4.69) is 19.1 Å². The van der Waals surface area contributed by atoms with E-state index in [1.54, 1.807) is 0 Å². The van der Waals surface area contributed by atoms with Crippen molar-refractivity contribution in [3.63, 3.8) is 0 Å². The van der Waals surface area contributed by atoms with Crippen molar-refractivity contribution < 1.29 is 8.78 Å². The lowest BCUT2D eigenvalue weighted by molar-refractivity contribution is 0.0915. The van der Waals surface area contributed by atoms with E-state index in [9.17, 15) is 8.78 Å². The maximum atomic E-state index is 14.1. The molecule has 3 fully saturated rings. The van der Waals surface area contributed by atoms with Crippen LogP contribution in [0.15, 0.2) is 24.3 Å². The highest BCUT2D eigenvalue weighted by molar-refractivity contribution is 5.35. The quantitative estimate of drug-likeness (QED) is 0.428. The van der Waals surface area contributed by atoms with E-state index in [0.29, 0.717) is 12.3 Å². The first-order valence-electron chi connectivity index (χ1n) is 12.5. The molecular weight excluding hydrogens is 362 g/mol. The smallest absolute Gasteiger partial charge is 0.206 e. The highest BCUT2D eigenvalue weighted by Gasteiger charge is 2.67. The zero-order valence-corrected chi connectivity index (χ0v) is 18.5. The van der Waals surface area contributed by atoms with Crippen LogP contribution in [0.1, 0.15) is 114 Å². The number of rotatable bonds is 7. The van der Waals surface area contributed by atoms with E-state index < -0.39 is 17.8 Å². The Kier molecular flexibility index (Phi) is 6.66. The number of benzene rings is 1. The van der Waals surface area contributed by atoms with Crippen LogP contribution in [0.3, 0.4) is 0 Å². The SMILES string of the molecule is CCCC1CCC(C2CCC(c3ccc([C@H]4[C@H](CCC)C4(F)F)cc3)CC2)CC1. The van der Waals surface area contributed by atoms with E-state index in [1.165, 1.54) is 69.8 Å². The van der Waals surface area contributed by atoms with Gasteiger partial charge in [-0.1, -0.05) is 70.2 Å². The van der Waals surface area contributed by atoms with Gasteiger partial charge in [0.15, 0.2) is 0 Å². The Morgan fingerprint density at radius 2 is 1.24 bits per heavy atom. The van der Waals surface area contributed by atoms with Gasteiger partial charge in [0.2, 0.25) is 0 Å². The fourth-order valence-electron chi connectivity index (χ4n) is 6.77. The number of halogens is 2. The number of alkyl halides is 2. The van der Waals surface area contributed by atoms with Gasteiger partial charge < -0.3 is 0 Å². The first kappa shape index (κ1) is 21.3. The molecule has 0 unspecified atom stereocenters. The third-order valence-corrected chi connectivity index (χ3v) is 8.60. The van der Waals surface area contributed by atoms with Gasteiger partial charge in [0.1, 0.15) is 0 Å². The summed E-state index contributed by atoms with van der Waals surface area (Å²) in [7, 11) is 0. The van der Waals surface area contributed by atoms with Gasteiger partial charge in [0, 0.05) is 5.92 Å². The van der Waals surface area contributed by atoms with Crippen LogP contribution in [0.5, 0.6) is 0 Å². The maximum Gasteiger partial charge on any atom is 0.258 e. The highest BCUT2D eigenvalue weighted by Crippen LogP contribution is 2.63. The molecule has 162 valence electrons. The lowest BCUT2D eigenvalue weighted by atomic mass is 9.68. The van der Waals surface area contributed by atoms with Crippen LogP contribution in [0.2, 0.25) is 0 Å². The van der Waals surface area contributed by atoms with Crippen molar-refractivity contribution in [1.29, 1.82) is 0 Å². The molecule has 2 heteroatoms. The summed E-state index contributed by atoms with van der Waals surface area (Å²) in [6.07, 6.45) is 15.4. The summed E-state index contributed by atoms with van der Waals surface area (Å²) in [5.41, 5.74) is 2.24. The van der Waals surface area contributed by atoms with Gasteiger partial charge in [-0.25, -0.2) is 8.78 Å². The van der Waals surface area contributed by atoms with Crippen LogP contribution in [0, 0.1) is 23.7 Å². The molecule has 0 bridgehead atoms. The molecular formula is C27H40F2. The maximum absolute atomic E-state index is 14.1. The molecule has 0 aliphatic heterocycles. The molecule has 1 aromatic rings. The molecule has 0 heterocycles. The molecule has 0 radical (unpaired) electrons. The molecule has 4 rings (SSSR count). The minimum absolute atomic E-state index is 0.429. The fourth-order valence-corrected chi connectivity index (χ4v) is 6.77. The van der Waals surface area contributed by atoms with E-state index in [1.807, 2.05) is 19.1 Å². The zero-order chi connectivity index (χ0) is 20.4. The Morgan fingerprint density at radius 3 is 1.79 bits per heavy atom. The molecule has 0 N–H and O–H groups in total. The van der Waals surface area contributed by atoms with Crippen LogP contribution in [-0.4, -0.2) is 5.92 Å². The second kappa shape index (κ2) is 9.06. The Labute approximate surface area is 176 Å². The van der Waals surface area contributed by atoms with Crippen molar-refractivity contribution in [3.05, 3.63) is 35.4 Å². The van der Waals surface area contributed by atoms with Crippen LogP contribution in [0.25, 0.3) is 0 Å². The summed E-state index contributed by atoms with van der Waals surface area (Å²) in [4.78, 5) is 0. The summed E-state index contributed by atoms with van der Waals surface area (Å²) in [6.45, 7) is 4.32. The largest absolute Gasteiger partial charge is 0.258 e. The molecule has 0 amide bonds. The van der Waals surface area contributed by atoms with E-state index >= 15 is 0 Å². The number of hydrogen-bond acceptors (Lipinski definition) is 0. The first-order valence-corrected chi connectivity index (χ1v) is 12.5. The lowest BCUT2D eigenvalue weighted by Crippen LogP contribution is -2.25. The summed E-state index contributed by atoms with van der Waals surface area (Å²) in [6, 6.07) is 8.33. The summed E-state index contributed by atoms with van der Waals surface area (Å²) in [5.74, 6) is 0.110. The van der Waals surface area contributed by atoms with Crippen LogP contribution in [-0.2, 0) is 0 Å². The monoisotopic (exact) mass is 402 g/mol. The van der Waals surface area contributed by atoms with Gasteiger partial charge in [0.05, 0.1) is 5.92 Å². The zero-order valence-electron chi connectivity index (χ0n) is 18.5. The third-order valence-electron chi connectivity index (χ3n) is 8.60. The summed E-state index contributed by atoms with van der Waals surface area (Å²) in [5, 5.41) is 0. The predicted octanol–water partition coefficient (Wildman–Crippen LogP) is 8.72. The van der Waals surface area contributed by atoms with Crippen molar-refractivity contribution in [2.45, 2.75) is 109 Å². The predicted molar refractivity (Wildman–Crippen MR) is 118 cm³/mol. The lowest BCUT2D eigenvalue weighted by Gasteiger charge is -2.38. The summed E-state index contributed by atoms with van der Waals surface area (Å²) < 4.78 is 28.2. The van der Waals surface area contributed by atoms with Crippen molar-refractivity contribution in [2.75, 3.05) is 0 Å². The van der Waals surface area contributed by atoms with E-state index in [0.717, 1.165) is 29.7 Å². The average molecular weight is 403 g/mol. The van der Waals surface area contributed by atoms with Crippen LogP contribution in [0.4, 0.5) is 8.78 Å². The Morgan fingerprint density at radius 1 is 0.724 bits per heavy atom. The van der Waals surface area contributed by atoms with E-state index in [4.69, 9.17) is 0 Å². The molecule has 1 aromatic carbocycles. The second-order valence-corrected chi connectivity index (χ2v) is 10.4. The molecule has 0 aromatic heterocycles. The highest BCUT2D eigenvalue weighted by atomic mass is 19.3. The number of hydrogen-bond donors (Lipinski definition) is 0. The van der Waals surface area contributed by atoms with Gasteiger partial charge in [-0.15, -0.1) is 0 Å². The van der Waals surface area contributed by atoms with Gasteiger partial charge >= 0.3 is 0 Å². The average Bonchev–Trinajstić information content (AvgIpc) is 3.29. The third kappa shape index (κ3) is 4.57. The van der Waals surface area contributed by atoms with Crippen LogP contribution >= 0.6 is 0 Å². The van der Waals surface area contributed by atoms with Crippen LogP contribution < -0.4 is 0 Å². The van der Waals surface area contributed by atoms with Gasteiger partial charge in [-0.2, -0.15) is 0 Å². The minimum atomic E-state index is -2.48. The standard InChI is InChI=1S/C27H40F2/c1-3-5-19-7-9-20(10-8-19)21-11-13-22(14-12-21)23-15-17-24(18-16-23)26-25(6-4-2)27(26,28)29/h15-22,25-26H,3-14H2,1-2H3/t19?,20?,21?,22?,25-,26-/m0/s1. The van der Waals surface area contributed by atoms with Gasteiger partial charge in [-0.3, -0.25) is 0 Å². The topological polar surface area (TPSA) is 0 Å². The fraction of sp³-hybridized carbons (Fsp3) is 0.778. The van der Waals surface area contributed by atoms with Gasteiger partial charge in [-0.05, 0) is 79.7 Å². The molecule has 0 spiro atoms. The van der Waals surface area contributed by atoms with E-state index in [-0.39, 0.29) is 0 Å². The normalized spacial score (nSPS) is 36.7. The van der Waals surface area contributed by atoms with Crippen molar-refractivity contribution >= 4 is 0 Å². The molecule has 0 saturated heterocycles. The molecule has 3 aliphatic rings.